The number of anilines is 1. The zero-order chi connectivity index (χ0) is 23.5. The van der Waals surface area contributed by atoms with Crippen LogP contribution in [0.1, 0.15) is 45.2 Å². The summed E-state index contributed by atoms with van der Waals surface area (Å²) in [7, 11) is 0. The van der Waals surface area contributed by atoms with Crippen molar-refractivity contribution in [2.75, 3.05) is 11.1 Å². The molecule has 7 heteroatoms. The van der Waals surface area contributed by atoms with Crippen LogP contribution in [0.4, 0.5) is 5.69 Å². The number of fused-ring (bicyclic) bond motifs is 1. The number of hydrogen-bond acceptors (Lipinski definition) is 4. The van der Waals surface area contributed by atoms with Crippen LogP contribution in [0.5, 0.6) is 0 Å². The average Bonchev–Trinajstić information content (AvgIpc) is 3.22. The van der Waals surface area contributed by atoms with E-state index in [1.165, 1.54) is 17.3 Å². The van der Waals surface area contributed by atoms with Crippen molar-refractivity contribution in [3.63, 3.8) is 0 Å². The molecule has 0 saturated carbocycles. The summed E-state index contributed by atoms with van der Waals surface area (Å²) in [5, 5.41) is 3.46. The Labute approximate surface area is 197 Å². The first kappa shape index (κ1) is 22.9. The van der Waals surface area contributed by atoms with Crippen molar-refractivity contribution in [2.24, 2.45) is 0 Å². The lowest BCUT2D eigenvalue weighted by atomic mass is 10.0. The van der Waals surface area contributed by atoms with Crippen LogP contribution >= 0.6 is 11.8 Å². The van der Waals surface area contributed by atoms with E-state index in [0.29, 0.717) is 22.1 Å². The Kier molecular flexibility index (Phi) is 6.70. The number of carbonyl (C=O) groups excluding carboxylic acids is 1. The number of thioether (sulfide) groups is 1. The van der Waals surface area contributed by atoms with Crippen LogP contribution in [0.2, 0.25) is 0 Å². The number of nitrogens with zero attached hydrogens (tertiary/aromatic N) is 2. The number of aromatic amines is 1. The van der Waals surface area contributed by atoms with Crippen molar-refractivity contribution in [3.8, 4) is 11.1 Å². The first-order valence-corrected chi connectivity index (χ1v) is 12.1. The lowest BCUT2D eigenvalue weighted by Gasteiger charge is -2.15. The number of hydrogen-bond donors (Lipinski definition) is 2. The van der Waals surface area contributed by atoms with Crippen molar-refractivity contribution in [1.29, 1.82) is 0 Å². The maximum atomic E-state index is 13.2. The minimum absolute atomic E-state index is 0.0907. The summed E-state index contributed by atoms with van der Waals surface area (Å²) in [5.74, 6) is 0.453. The van der Waals surface area contributed by atoms with Crippen molar-refractivity contribution >= 4 is 34.4 Å². The average molecular weight is 461 g/mol. The molecule has 0 unspecified atom stereocenters. The third kappa shape index (κ3) is 4.88. The zero-order valence-electron chi connectivity index (χ0n) is 19.3. The first-order valence-electron chi connectivity index (χ1n) is 11.1. The quantitative estimate of drug-likeness (QED) is 0.269. The van der Waals surface area contributed by atoms with Gasteiger partial charge in [0, 0.05) is 23.5 Å². The summed E-state index contributed by atoms with van der Waals surface area (Å²) in [6.07, 6.45) is 1.82. The highest BCUT2D eigenvalue weighted by Crippen LogP contribution is 2.28. The topological polar surface area (TPSA) is 79.8 Å². The molecule has 1 amide bonds. The number of aromatic nitrogens is 3. The molecule has 33 heavy (non-hydrogen) atoms. The maximum Gasteiger partial charge on any atom is 0.278 e. The van der Waals surface area contributed by atoms with E-state index in [9.17, 15) is 9.59 Å². The van der Waals surface area contributed by atoms with E-state index in [2.05, 4.69) is 24.1 Å². The van der Waals surface area contributed by atoms with E-state index in [0.717, 1.165) is 16.8 Å². The molecule has 2 aromatic heterocycles. The van der Waals surface area contributed by atoms with E-state index in [4.69, 9.17) is 4.98 Å². The first-order chi connectivity index (χ1) is 15.8. The smallest absolute Gasteiger partial charge is 0.278 e. The summed E-state index contributed by atoms with van der Waals surface area (Å²) in [6, 6.07) is 17.6. The van der Waals surface area contributed by atoms with E-state index >= 15 is 0 Å². The molecule has 0 radical (unpaired) electrons. The largest absolute Gasteiger partial charge is 0.355 e. The molecule has 0 fully saturated rings. The molecule has 2 aromatic carbocycles. The van der Waals surface area contributed by atoms with Gasteiger partial charge in [-0.3, -0.25) is 14.2 Å². The van der Waals surface area contributed by atoms with Gasteiger partial charge >= 0.3 is 0 Å². The Hall–Kier alpha value is -3.32. The molecule has 0 saturated heterocycles. The fourth-order valence-electron chi connectivity index (χ4n) is 3.73. The highest BCUT2D eigenvalue weighted by molar-refractivity contribution is 7.99. The summed E-state index contributed by atoms with van der Waals surface area (Å²) < 4.78 is 1.64. The summed E-state index contributed by atoms with van der Waals surface area (Å²) in [5.41, 5.74) is 4.79. The van der Waals surface area contributed by atoms with Crippen LogP contribution in [0.3, 0.4) is 0 Å². The maximum absolute atomic E-state index is 13.2. The fourth-order valence-corrected chi connectivity index (χ4v) is 4.65. The normalized spacial score (nSPS) is 11.5. The van der Waals surface area contributed by atoms with Crippen LogP contribution < -0.4 is 10.9 Å². The van der Waals surface area contributed by atoms with Crippen LogP contribution in [-0.4, -0.2) is 26.2 Å². The number of benzene rings is 2. The summed E-state index contributed by atoms with van der Waals surface area (Å²) >= 11 is 1.27. The number of nitrogens with one attached hydrogen (secondary N) is 2. The SMILES string of the molecule is CC(C)c1ccc(NC(=O)CSc2nc3c(-c4ccccc4)c[nH]c3c(=O)n2C(C)C)cc1. The molecule has 0 spiro atoms. The number of amides is 1. The molecule has 4 rings (SSSR count). The van der Waals surface area contributed by atoms with E-state index < -0.39 is 0 Å². The van der Waals surface area contributed by atoms with Gasteiger partial charge in [-0.05, 0) is 43.0 Å². The molecular formula is C26H28N4O2S. The number of carbonyl (C=O) groups is 1. The van der Waals surface area contributed by atoms with Gasteiger partial charge in [-0.25, -0.2) is 4.98 Å². The van der Waals surface area contributed by atoms with E-state index in [-0.39, 0.29) is 23.3 Å². The Morgan fingerprint density at radius 3 is 2.39 bits per heavy atom. The predicted octanol–water partition coefficient (Wildman–Crippen LogP) is 5.83. The number of H-pyrrole nitrogens is 1. The van der Waals surface area contributed by atoms with Gasteiger partial charge in [0.25, 0.3) is 5.56 Å². The molecule has 4 aromatic rings. The molecule has 0 aliphatic carbocycles. The molecule has 0 aliphatic heterocycles. The van der Waals surface area contributed by atoms with Crippen LogP contribution in [-0.2, 0) is 4.79 Å². The van der Waals surface area contributed by atoms with Crippen molar-refractivity contribution in [1.82, 2.24) is 14.5 Å². The van der Waals surface area contributed by atoms with Gasteiger partial charge in [0.05, 0.1) is 5.75 Å². The summed E-state index contributed by atoms with van der Waals surface area (Å²) in [4.78, 5) is 33.8. The second-order valence-corrected chi connectivity index (χ2v) is 9.51. The Morgan fingerprint density at radius 2 is 1.76 bits per heavy atom. The van der Waals surface area contributed by atoms with Gasteiger partial charge in [-0.1, -0.05) is 68.1 Å². The van der Waals surface area contributed by atoms with Crippen molar-refractivity contribution < 1.29 is 4.79 Å². The Balaban J connectivity index is 1.60. The van der Waals surface area contributed by atoms with Gasteiger partial charge < -0.3 is 10.3 Å². The third-order valence-electron chi connectivity index (χ3n) is 5.49. The molecule has 2 N–H and O–H groups in total. The van der Waals surface area contributed by atoms with Gasteiger partial charge in [0.15, 0.2) is 5.16 Å². The fraction of sp³-hybridized carbons (Fsp3) is 0.269. The molecule has 0 aliphatic rings. The van der Waals surface area contributed by atoms with Gasteiger partial charge in [-0.2, -0.15) is 0 Å². The highest BCUT2D eigenvalue weighted by atomic mass is 32.2. The highest BCUT2D eigenvalue weighted by Gasteiger charge is 2.19. The zero-order valence-corrected chi connectivity index (χ0v) is 20.1. The van der Waals surface area contributed by atoms with E-state index in [1.54, 1.807) is 4.57 Å². The van der Waals surface area contributed by atoms with E-state index in [1.807, 2.05) is 74.6 Å². The van der Waals surface area contributed by atoms with Crippen LogP contribution in [0.15, 0.2) is 70.7 Å². The summed E-state index contributed by atoms with van der Waals surface area (Å²) in [6.45, 7) is 8.15. The van der Waals surface area contributed by atoms with Gasteiger partial charge in [0.2, 0.25) is 5.91 Å². The predicted molar refractivity (Wildman–Crippen MR) is 136 cm³/mol. The molecule has 2 heterocycles. The number of rotatable bonds is 7. The molecule has 0 bridgehead atoms. The van der Waals surface area contributed by atoms with Crippen molar-refractivity contribution in [3.05, 3.63) is 76.7 Å². The second kappa shape index (κ2) is 9.67. The molecule has 6 nitrogen and oxygen atoms in total. The molecule has 0 atom stereocenters. The lowest BCUT2D eigenvalue weighted by Crippen LogP contribution is -2.25. The second-order valence-electron chi connectivity index (χ2n) is 8.57. The van der Waals surface area contributed by atoms with Crippen LogP contribution in [0.25, 0.3) is 22.2 Å². The van der Waals surface area contributed by atoms with Gasteiger partial charge in [-0.15, -0.1) is 0 Å². The van der Waals surface area contributed by atoms with Crippen molar-refractivity contribution in [2.45, 2.75) is 44.8 Å². The monoisotopic (exact) mass is 460 g/mol. The minimum atomic E-state index is -0.140. The molecular weight excluding hydrogens is 432 g/mol. The Morgan fingerprint density at radius 1 is 1.06 bits per heavy atom. The molecule has 170 valence electrons. The standard InChI is InChI=1S/C26H28N4O2S/c1-16(2)18-10-12-20(13-11-18)28-22(31)15-33-26-29-23-21(19-8-6-5-7-9-19)14-27-24(23)25(32)30(26)17(3)4/h5-14,16-17,27H,15H2,1-4H3,(H,28,31). The lowest BCUT2D eigenvalue weighted by molar-refractivity contribution is -0.113. The Bertz CT molecular complexity index is 1320. The third-order valence-corrected chi connectivity index (χ3v) is 6.45. The van der Waals surface area contributed by atoms with Gasteiger partial charge in [0.1, 0.15) is 11.0 Å². The minimum Gasteiger partial charge on any atom is -0.355 e. The van der Waals surface area contributed by atoms with Crippen LogP contribution in [0, 0.1) is 0 Å².